The number of carboxylic acids is 1. The van der Waals surface area contributed by atoms with E-state index in [1.807, 2.05) is 36.4 Å². The summed E-state index contributed by atoms with van der Waals surface area (Å²) in [5, 5.41) is 10.1. The Morgan fingerprint density at radius 3 is 2.67 bits per heavy atom. The van der Waals surface area contributed by atoms with Crippen molar-refractivity contribution in [2.45, 2.75) is 30.8 Å². The molecule has 3 heterocycles. The third-order valence-corrected chi connectivity index (χ3v) is 5.49. The third-order valence-electron chi connectivity index (χ3n) is 4.59. The Hall–Kier alpha value is -2.67. The Morgan fingerprint density at radius 1 is 1.15 bits per heavy atom. The molecule has 0 atom stereocenters. The SMILES string of the molecule is O=C(O)/C(=C/c1ccc(N2CCCCCC2)o1)Sc1nc2ccccc2[nH]1. The molecule has 0 amide bonds. The minimum Gasteiger partial charge on any atom is -0.477 e. The topological polar surface area (TPSA) is 82.4 Å². The fourth-order valence-corrected chi connectivity index (χ4v) is 4.00. The standard InChI is InChI=1S/C20H21N3O3S/c24-19(25)17(27-20-21-15-7-3-4-8-16(15)22-20)13-14-9-10-18(26-14)23-11-5-1-2-6-12-23/h3-4,7-10,13H,1-2,5-6,11-12H2,(H,21,22)(H,24,25)/b17-13-. The molecule has 2 N–H and O–H groups in total. The first-order valence-electron chi connectivity index (χ1n) is 9.11. The van der Waals surface area contributed by atoms with Crippen molar-refractivity contribution in [3.05, 3.63) is 47.1 Å². The lowest BCUT2D eigenvalue weighted by Gasteiger charge is -2.18. The molecule has 3 aromatic rings. The number of aromatic nitrogens is 2. The number of hydrogen-bond acceptors (Lipinski definition) is 5. The number of aliphatic carboxylic acids is 1. The van der Waals surface area contributed by atoms with Gasteiger partial charge in [0.2, 0.25) is 0 Å². The van der Waals surface area contributed by atoms with Gasteiger partial charge in [-0.15, -0.1) is 0 Å². The maximum Gasteiger partial charge on any atom is 0.342 e. The van der Waals surface area contributed by atoms with Crippen LogP contribution >= 0.6 is 11.8 Å². The van der Waals surface area contributed by atoms with Crippen molar-refractivity contribution in [2.75, 3.05) is 18.0 Å². The van der Waals surface area contributed by atoms with Crippen LogP contribution in [0.1, 0.15) is 31.4 Å². The van der Waals surface area contributed by atoms with Crippen molar-refractivity contribution in [2.24, 2.45) is 0 Å². The van der Waals surface area contributed by atoms with Crippen LogP contribution in [0, 0.1) is 0 Å². The van der Waals surface area contributed by atoms with Gasteiger partial charge in [0, 0.05) is 25.2 Å². The highest BCUT2D eigenvalue weighted by atomic mass is 32.2. The lowest BCUT2D eigenvalue weighted by molar-refractivity contribution is -0.131. The normalized spacial score (nSPS) is 15.9. The van der Waals surface area contributed by atoms with Crippen LogP contribution in [0.25, 0.3) is 17.1 Å². The number of benzene rings is 1. The highest BCUT2D eigenvalue weighted by Crippen LogP contribution is 2.30. The van der Waals surface area contributed by atoms with Gasteiger partial charge in [-0.3, -0.25) is 0 Å². The summed E-state index contributed by atoms with van der Waals surface area (Å²) in [5.41, 5.74) is 1.69. The molecule has 7 heteroatoms. The first-order valence-corrected chi connectivity index (χ1v) is 9.93. The van der Waals surface area contributed by atoms with E-state index in [2.05, 4.69) is 14.9 Å². The number of furan rings is 1. The highest BCUT2D eigenvalue weighted by molar-refractivity contribution is 8.04. The number of anilines is 1. The van der Waals surface area contributed by atoms with E-state index in [0.29, 0.717) is 10.9 Å². The van der Waals surface area contributed by atoms with Crippen molar-refractivity contribution in [3.8, 4) is 0 Å². The molecular formula is C20H21N3O3S. The number of carbonyl (C=O) groups is 1. The number of thioether (sulfide) groups is 1. The Balaban J connectivity index is 1.54. The van der Waals surface area contributed by atoms with Gasteiger partial charge in [0.15, 0.2) is 11.0 Å². The van der Waals surface area contributed by atoms with Gasteiger partial charge in [0.05, 0.1) is 11.0 Å². The molecule has 0 spiro atoms. The number of imidazole rings is 1. The molecule has 1 aliphatic heterocycles. The van der Waals surface area contributed by atoms with Crippen LogP contribution < -0.4 is 4.90 Å². The molecule has 0 aliphatic carbocycles. The number of para-hydroxylation sites is 2. The highest BCUT2D eigenvalue weighted by Gasteiger charge is 2.16. The molecule has 1 saturated heterocycles. The summed E-state index contributed by atoms with van der Waals surface area (Å²) >= 11 is 1.09. The number of carboxylic acid groups (broad SMARTS) is 1. The summed E-state index contributed by atoms with van der Waals surface area (Å²) in [6.07, 6.45) is 6.38. The van der Waals surface area contributed by atoms with Crippen LogP contribution in [0.4, 0.5) is 5.88 Å². The van der Waals surface area contributed by atoms with Gasteiger partial charge in [0.1, 0.15) is 10.7 Å². The number of rotatable bonds is 5. The molecule has 1 aromatic carbocycles. The minimum absolute atomic E-state index is 0.158. The summed E-state index contributed by atoms with van der Waals surface area (Å²) in [6, 6.07) is 11.4. The Bertz CT molecular complexity index is 935. The lowest BCUT2D eigenvalue weighted by atomic mass is 10.2. The maximum atomic E-state index is 11.7. The van der Waals surface area contributed by atoms with Crippen molar-refractivity contribution in [3.63, 3.8) is 0 Å². The first-order chi connectivity index (χ1) is 13.2. The largest absolute Gasteiger partial charge is 0.477 e. The lowest BCUT2D eigenvalue weighted by Crippen LogP contribution is -2.23. The molecule has 0 unspecified atom stereocenters. The quantitative estimate of drug-likeness (QED) is 0.488. The Labute approximate surface area is 161 Å². The second kappa shape index (κ2) is 7.92. The molecule has 4 rings (SSSR count). The van der Waals surface area contributed by atoms with Gasteiger partial charge in [-0.25, -0.2) is 9.78 Å². The first kappa shape index (κ1) is 17.7. The number of aromatic amines is 1. The van der Waals surface area contributed by atoms with Crippen molar-refractivity contribution < 1.29 is 14.3 Å². The average Bonchev–Trinajstić information content (AvgIpc) is 3.19. The summed E-state index contributed by atoms with van der Waals surface area (Å²) in [4.78, 5) is 21.7. The minimum atomic E-state index is -1.01. The van der Waals surface area contributed by atoms with Crippen LogP contribution in [0.5, 0.6) is 0 Å². The molecule has 0 radical (unpaired) electrons. The Morgan fingerprint density at radius 2 is 1.93 bits per heavy atom. The van der Waals surface area contributed by atoms with E-state index in [1.165, 1.54) is 12.8 Å². The van der Waals surface area contributed by atoms with Crippen LogP contribution in [0.3, 0.4) is 0 Å². The number of nitrogens with one attached hydrogen (secondary N) is 1. The van der Waals surface area contributed by atoms with Gasteiger partial charge in [-0.05, 0) is 42.8 Å². The number of fused-ring (bicyclic) bond motifs is 1. The van der Waals surface area contributed by atoms with Crippen LogP contribution in [0.2, 0.25) is 0 Å². The molecule has 0 saturated carbocycles. The smallest absolute Gasteiger partial charge is 0.342 e. The van der Waals surface area contributed by atoms with Crippen LogP contribution in [-0.4, -0.2) is 34.1 Å². The van der Waals surface area contributed by atoms with Gasteiger partial charge >= 0.3 is 5.97 Å². The van der Waals surface area contributed by atoms with Gasteiger partial charge in [-0.1, -0.05) is 25.0 Å². The van der Waals surface area contributed by atoms with Gasteiger partial charge < -0.3 is 19.4 Å². The molecule has 0 bridgehead atoms. The Kier molecular flexibility index (Phi) is 5.20. The predicted molar refractivity (Wildman–Crippen MR) is 107 cm³/mol. The van der Waals surface area contributed by atoms with E-state index in [-0.39, 0.29) is 4.91 Å². The second-order valence-electron chi connectivity index (χ2n) is 6.55. The average molecular weight is 383 g/mol. The van der Waals surface area contributed by atoms with Crippen LogP contribution in [0.15, 0.2) is 50.9 Å². The predicted octanol–water partition coefficient (Wildman–Crippen LogP) is 4.75. The maximum absolute atomic E-state index is 11.7. The number of H-pyrrole nitrogens is 1. The van der Waals surface area contributed by atoms with E-state index in [0.717, 1.165) is 54.6 Å². The zero-order chi connectivity index (χ0) is 18.6. The summed E-state index contributed by atoms with van der Waals surface area (Å²) in [5.74, 6) is 0.338. The summed E-state index contributed by atoms with van der Waals surface area (Å²) in [6.45, 7) is 1.96. The molecule has 1 aliphatic rings. The van der Waals surface area contributed by atoms with Crippen molar-refractivity contribution in [1.82, 2.24) is 9.97 Å². The van der Waals surface area contributed by atoms with E-state index in [4.69, 9.17) is 4.42 Å². The molecule has 27 heavy (non-hydrogen) atoms. The summed E-state index contributed by atoms with van der Waals surface area (Å²) < 4.78 is 5.90. The number of hydrogen-bond donors (Lipinski definition) is 2. The van der Waals surface area contributed by atoms with E-state index < -0.39 is 5.97 Å². The molecular weight excluding hydrogens is 362 g/mol. The fourth-order valence-electron chi connectivity index (χ4n) is 3.23. The van der Waals surface area contributed by atoms with Crippen molar-refractivity contribution in [1.29, 1.82) is 0 Å². The summed E-state index contributed by atoms with van der Waals surface area (Å²) in [7, 11) is 0. The number of nitrogens with zero attached hydrogens (tertiary/aromatic N) is 2. The third kappa shape index (κ3) is 4.19. The second-order valence-corrected chi connectivity index (χ2v) is 7.58. The van der Waals surface area contributed by atoms with E-state index >= 15 is 0 Å². The monoisotopic (exact) mass is 383 g/mol. The molecule has 1 fully saturated rings. The van der Waals surface area contributed by atoms with E-state index in [1.54, 1.807) is 6.08 Å². The molecule has 2 aromatic heterocycles. The van der Waals surface area contributed by atoms with Crippen molar-refractivity contribution >= 4 is 40.7 Å². The zero-order valence-corrected chi connectivity index (χ0v) is 15.7. The molecule has 6 nitrogen and oxygen atoms in total. The van der Waals surface area contributed by atoms with Gasteiger partial charge in [0.25, 0.3) is 0 Å². The van der Waals surface area contributed by atoms with Gasteiger partial charge in [-0.2, -0.15) is 0 Å². The molecule has 140 valence electrons. The van der Waals surface area contributed by atoms with Crippen LogP contribution in [-0.2, 0) is 4.79 Å². The fraction of sp³-hybridized carbons (Fsp3) is 0.300. The zero-order valence-electron chi connectivity index (χ0n) is 14.9. The van der Waals surface area contributed by atoms with E-state index in [9.17, 15) is 9.90 Å².